The fourth-order valence-corrected chi connectivity index (χ4v) is 1.80. The monoisotopic (exact) mass is 251 g/mol. The number of rotatable bonds is 2. The van der Waals surface area contributed by atoms with Crippen molar-refractivity contribution in [2.45, 2.75) is 6.92 Å². The first-order chi connectivity index (χ1) is 9.10. The standard InChI is InChI=1S/C16H13NO2/c1-11-3-2-4-12(7-11)8-14(10-17)13-5-6-15(18)16(19)9-13/h2-9,18-19H,1H3. The molecule has 94 valence electrons. The van der Waals surface area contributed by atoms with Crippen molar-refractivity contribution in [2.24, 2.45) is 0 Å². The lowest BCUT2D eigenvalue weighted by Gasteiger charge is -2.03. The lowest BCUT2D eigenvalue weighted by molar-refractivity contribution is 0.403. The molecule has 0 spiro atoms. The number of phenolic OH excluding ortho intramolecular Hbond substituents is 2. The van der Waals surface area contributed by atoms with Gasteiger partial charge in [0.15, 0.2) is 11.5 Å². The number of hydrogen-bond donors (Lipinski definition) is 2. The van der Waals surface area contributed by atoms with Crippen LogP contribution in [0.3, 0.4) is 0 Å². The van der Waals surface area contributed by atoms with E-state index in [1.165, 1.54) is 12.1 Å². The highest BCUT2D eigenvalue weighted by molar-refractivity contribution is 5.90. The van der Waals surface area contributed by atoms with Gasteiger partial charge in [-0.05, 0) is 42.3 Å². The van der Waals surface area contributed by atoms with Crippen molar-refractivity contribution in [3.63, 3.8) is 0 Å². The van der Waals surface area contributed by atoms with E-state index in [0.717, 1.165) is 11.1 Å². The zero-order chi connectivity index (χ0) is 13.8. The quantitative estimate of drug-likeness (QED) is 0.488. The third kappa shape index (κ3) is 2.93. The van der Waals surface area contributed by atoms with Gasteiger partial charge in [0.05, 0.1) is 11.6 Å². The first kappa shape index (κ1) is 12.7. The van der Waals surface area contributed by atoms with E-state index in [4.69, 9.17) is 0 Å². The topological polar surface area (TPSA) is 64.2 Å². The van der Waals surface area contributed by atoms with Crippen molar-refractivity contribution in [1.82, 2.24) is 0 Å². The van der Waals surface area contributed by atoms with Gasteiger partial charge in [0, 0.05) is 0 Å². The summed E-state index contributed by atoms with van der Waals surface area (Å²) in [6, 6.07) is 14.2. The highest BCUT2D eigenvalue weighted by Crippen LogP contribution is 2.28. The summed E-state index contributed by atoms with van der Waals surface area (Å²) in [5.74, 6) is -0.431. The van der Waals surface area contributed by atoms with Crippen LogP contribution in [0.25, 0.3) is 11.6 Å². The number of allylic oxidation sites excluding steroid dienone is 1. The van der Waals surface area contributed by atoms with Gasteiger partial charge < -0.3 is 10.2 Å². The summed E-state index contributed by atoms with van der Waals surface area (Å²) >= 11 is 0. The maximum Gasteiger partial charge on any atom is 0.158 e. The Morgan fingerprint density at radius 2 is 1.89 bits per heavy atom. The van der Waals surface area contributed by atoms with Crippen molar-refractivity contribution in [2.75, 3.05) is 0 Å². The number of nitrogens with zero attached hydrogens (tertiary/aromatic N) is 1. The van der Waals surface area contributed by atoms with E-state index in [2.05, 4.69) is 6.07 Å². The second-order valence-corrected chi connectivity index (χ2v) is 4.29. The molecule has 2 N–H and O–H groups in total. The van der Waals surface area contributed by atoms with E-state index >= 15 is 0 Å². The Balaban J connectivity index is 2.45. The highest BCUT2D eigenvalue weighted by atomic mass is 16.3. The number of nitriles is 1. The summed E-state index contributed by atoms with van der Waals surface area (Å²) < 4.78 is 0. The van der Waals surface area contributed by atoms with Gasteiger partial charge in [-0.3, -0.25) is 0 Å². The molecule has 0 fully saturated rings. The molecule has 0 aromatic heterocycles. The first-order valence-corrected chi connectivity index (χ1v) is 5.81. The van der Waals surface area contributed by atoms with Gasteiger partial charge in [-0.25, -0.2) is 0 Å². The molecule has 0 amide bonds. The summed E-state index contributed by atoms with van der Waals surface area (Å²) in [5.41, 5.74) is 3.03. The minimum absolute atomic E-state index is 0.198. The minimum Gasteiger partial charge on any atom is -0.504 e. The molecule has 3 nitrogen and oxygen atoms in total. The normalized spacial score (nSPS) is 11.1. The maximum absolute atomic E-state index is 9.47. The molecular formula is C16H13NO2. The predicted molar refractivity (Wildman–Crippen MR) is 74.4 cm³/mol. The second-order valence-electron chi connectivity index (χ2n) is 4.29. The molecule has 0 radical (unpaired) electrons. The van der Waals surface area contributed by atoms with Crippen LogP contribution in [0.15, 0.2) is 42.5 Å². The molecule has 0 saturated carbocycles. The average Bonchev–Trinajstić information content (AvgIpc) is 2.39. The number of aromatic hydroxyl groups is 2. The number of hydrogen-bond acceptors (Lipinski definition) is 3. The van der Waals surface area contributed by atoms with Gasteiger partial charge >= 0.3 is 0 Å². The van der Waals surface area contributed by atoms with Crippen LogP contribution in [0.4, 0.5) is 0 Å². The molecule has 19 heavy (non-hydrogen) atoms. The zero-order valence-electron chi connectivity index (χ0n) is 10.5. The molecular weight excluding hydrogens is 238 g/mol. The minimum atomic E-state index is -0.233. The Hall–Kier alpha value is -2.73. The third-order valence-corrected chi connectivity index (χ3v) is 2.76. The SMILES string of the molecule is Cc1cccc(C=C(C#N)c2ccc(O)c(O)c2)c1. The van der Waals surface area contributed by atoms with Crippen LogP contribution in [0, 0.1) is 18.3 Å². The lowest BCUT2D eigenvalue weighted by Crippen LogP contribution is -1.83. The van der Waals surface area contributed by atoms with Crippen LogP contribution in [-0.4, -0.2) is 10.2 Å². The molecule has 0 saturated heterocycles. The van der Waals surface area contributed by atoms with Crippen molar-refractivity contribution in [1.29, 1.82) is 5.26 Å². The number of benzene rings is 2. The molecule has 0 bridgehead atoms. The van der Waals surface area contributed by atoms with E-state index in [9.17, 15) is 15.5 Å². The summed E-state index contributed by atoms with van der Waals surface area (Å²) in [5, 5.41) is 27.9. The Morgan fingerprint density at radius 3 is 2.53 bits per heavy atom. The van der Waals surface area contributed by atoms with Gasteiger partial charge in [-0.15, -0.1) is 0 Å². The largest absolute Gasteiger partial charge is 0.504 e. The van der Waals surface area contributed by atoms with E-state index < -0.39 is 0 Å². The van der Waals surface area contributed by atoms with E-state index in [1.54, 1.807) is 12.1 Å². The molecule has 2 aromatic rings. The lowest BCUT2D eigenvalue weighted by atomic mass is 10.0. The fourth-order valence-electron chi connectivity index (χ4n) is 1.80. The molecule has 0 aliphatic heterocycles. The van der Waals surface area contributed by atoms with Crippen LogP contribution in [0.2, 0.25) is 0 Å². The van der Waals surface area contributed by atoms with Crippen molar-refractivity contribution < 1.29 is 10.2 Å². The first-order valence-electron chi connectivity index (χ1n) is 5.81. The summed E-state index contributed by atoms with van der Waals surface area (Å²) in [7, 11) is 0. The molecule has 2 aromatic carbocycles. The maximum atomic E-state index is 9.47. The van der Waals surface area contributed by atoms with Crippen molar-refractivity contribution in [3.8, 4) is 17.6 Å². The van der Waals surface area contributed by atoms with Gasteiger partial charge in [0.25, 0.3) is 0 Å². The van der Waals surface area contributed by atoms with E-state index in [0.29, 0.717) is 11.1 Å². The van der Waals surface area contributed by atoms with Crippen LogP contribution in [0.1, 0.15) is 16.7 Å². The fraction of sp³-hybridized carbons (Fsp3) is 0.0625. The van der Waals surface area contributed by atoms with Crippen LogP contribution >= 0.6 is 0 Å². The summed E-state index contributed by atoms with van der Waals surface area (Å²) in [4.78, 5) is 0. The Labute approximate surface area is 111 Å². The average molecular weight is 251 g/mol. The third-order valence-electron chi connectivity index (χ3n) is 2.76. The Morgan fingerprint density at radius 1 is 1.11 bits per heavy atom. The van der Waals surface area contributed by atoms with Gasteiger partial charge in [-0.1, -0.05) is 29.8 Å². The number of phenols is 2. The van der Waals surface area contributed by atoms with E-state index in [-0.39, 0.29) is 11.5 Å². The van der Waals surface area contributed by atoms with Crippen LogP contribution < -0.4 is 0 Å². The highest BCUT2D eigenvalue weighted by Gasteiger charge is 2.05. The molecule has 0 unspecified atom stereocenters. The van der Waals surface area contributed by atoms with Gasteiger partial charge in [0.2, 0.25) is 0 Å². The van der Waals surface area contributed by atoms with Crippen LogP contribution in [0.5, 0.6) is 11.5 Å². The predicted octanol–water partition coefficient (Wildman–Crippen LogP) is 3.47. The smallest absolute Gasteiger partial charge is 0.158 e. The summed E-state index contributed by atoms with van der Waals surface area (Å²) in [6.45, 7) is 1.98. The van der Waals surface area contributed by atoms with Crippen LogP contribution in [-0.2, 0) is 0 Å². The Bertz CT molecular complexity index is 681. The van der Waals surface area contributed by atoms with Gasteiger partial charge in [0.1, 0.15) is 0 Å². The molecule has 0 heterocycles. The summed E-state index contributed by atoms with van der Waals surface area (Å²) in [6.07, 6.45) is 1.75. The molecule has 0 atom stereocenters. The number of aryl methyl sites for hydroxylation is 1. The zero-order valence-corrected chi connectivity index (χ0v) is 10.5. The van der Waals surface area contributed by atoms with Gasteiger partial charge in [-0.2, -0.15) is 5.26 Å². The Kier molecular flexibility index (Phi) is 3.53. The molecule has 0 aliphatic carbocycles. The van der Waals surface area contributed by atoms with E-state index in [1.807, 2.05) is 31.2 Å². The van der Waals surface area contributed by atoms with Crippen molar-refractivity contribution >= 4 is 11.6 Å². The molecule has 2 rings (SSSR count). The molecule has 3 heteroatoms. The van der Waals surface area contributed by atoms with Crippen molar-refractivity contribution in [3.05, 3.63) is 59.2 Å². The molecule has 0 aliphatic rings. The second kappa shape index (κ2) is 5.28.